The summed E-state index contributed by atoms with van der Waals surface area (Å²) < 4.78 is 39.6. The van der Waals surface area contributed by atoms with Crippen LogP contribution in [0.25, 0.3) is 6.08 Å². The summed E-state index contributed by atoms with van der Waals surface area (Å²) in [6.07, 6.45) is 3.00. The molecule has 0 saturated carbocycles. The van der Waals surface area contributed by atoms with Crippen LogP contribution in [0.4, 0.5) is 8.78 Å². The van der Waals surface area contributed by atoms with Crippen LogP contribution in [0.1, 0.15) is 18.1 Å². The van der Waals surface area contributed by atoms with Gasteiger partial charge in [0.15, 0.2) is 11.5 Å². The Morgan fingerprint density at radius 2 is 1.86 bits per heavy atom. The normalized spacial score (nSPS) is 10.9. The van der Waals surface area contributed by atoms with Crippen molar-refractivity contribution in [2.24, 2.45) is 0 Å². The van der Waals surface area contributed by atoms with Gasteiger partial charge < -0.3 is 19.1 Å². The number of nitrogens with zero attached hydrogens (tertiary/aromatic N) is 1. The SMILES string of the molecule is CCOc1ccc(CN(C)C(=O)/C=C/c2ccc(OC(F)F)c(OC)c2)cc1. The smallest absolute Gasteiger partial charge is 0.387 e. The van der Waals surface area contributed by atoms with Crippen LogP contribution in [0.5, 0.6) is 17.2 Å². The van der Waals surface area contributed by atoms with Gasteiger partial charge in [0.1, 0.15) is 5.75 Å². The Hall–Kier alpha value is -3.09. The lowest BCUT2D eigenvalue weighted by Crippen LogP contribution is -2.24. The highest BCUT2D eigenvalue weighted by Gasteiger charge is 2.11. The number of rotatable bonds is 9. The van der Waals surface area contributed by atoms with Crippen LogP contribution in [0.15, 0.2) is 48.5 Å². The van der Waals surface area contributed by atoms with E-state index in [1.165, 1.54) is 25.3 Å². The molecule has 0 spiro atoms. The summed E-state index contributed by atoms with van der Waals surface area (Å²) in [5.74, 6) is 0.695. The number of alkyl halides is 2. The molecule has 0 unspecified atom stereocenters. The average Bonchev–Trinajstić information content (AvgIpc) is 2.68. The molecule has 1 amide bonds. The van der Waals surface area contributed by atoms with Crippen molar-refractivity contribution in [3.63, 3.8) is 0 Å². The van der Waals surface area contributed by atoms with Gasteiger partial charge in [0.05, 0.1) is 13.7 Å². The Balaban J connectivity index is 1.99. The molecule has 5 nitrogen and oxygen atoms in total. The standard InChI is InChI=1S/C21H23F2NO4/c1-4-27-17-9-5-16(6-10-17)14-24(2)20(25)12-8-15-7-11-18(28-21(22)23)19(13-15)26-3/h5-13,21H,4,14H2,1-3H3/b12-8+. The molecule has 2 aromatic carbocycles. The van der Waals surface area contributed by atoms with Crippen molar-refractivity contribution in [3.8, 4) is 17.2 Å². The van der Waals surface area contributed by atoms with E-state index in [1.807, 2.05) is 31.2 Å². The maximum atomic E-state index is 12.4. The zero-order chi connectivity index (χ0) is 20.5. The molecular weight excluding hydrogens is 368 g/mol. The van der Waals surface area contributed by atoms with Crippen molar-refractivity contribution in [1.29, 1.82) is 0 Å². The number of amides is 1. The molecule has 0 aliphatic carbocycles. The molecule has 0 aliphatic rings. The Morgan fingerprint density at radius 1 is 1.14 bits per heavy atom. The Kier molecular flexibility index (Phi) is 7.80. The van der Waals surface area contributed by atoms with Crippen molar-refractivity contribution in [2.75, 3.05) is 20.8 Å². The van der Waals surface area contributed by atoms with Crippen LogP contribution in [0.2, 0.25) is 0 Å². The first kappa shape index (κ1) is 21.2. The first-order chi connectivity index (χ1) is 13.4. The van der Waals surface area contributed by atoms with Crippen LogP contribution < -0.4 is 14.2 Å². The first-order valence-corrected chi connectivity index (χ1v) is 8.70. The van der Waals surface area contributed by atoms with E-state index in [-0.39, 0.29) is 17.4 Å². The molecule has 2 aromatic rings. The number of halogens is 2. The van der Waals surface area contributed by atoms with E-state index in [0.717, 1.165) is 11.3 Å². The fraction of sp³-hybridized carbons (Fsp3) is 0.286. The van der Waals surface area contributed by atoms with Crippen molar-refractivity contribution >= 4 is 12.0 Å². The van der Waals surface area contributed by atoms with E-state index in [2.05, 4.69) is 4.74 Å². The molecule has 0 saturated heterocycles. The van der Waals surface area contributed by atoms with E-state index in [1.54, 1.807) is 24.1 Å². The predicted molar refractivity (Wildman–Crippen MR) is 103 cm³/mol. The fourth-order valence-corrected chi connectivity index (χ4v) is 2.49. The minimum atomic E-state index is -2.94. The van der Waals surface area contributed by atoms with Crippen LogP contribution in [0.3, 0.4) is 0 Å². The van der Waals surface area contributed by atoms with Gasteiger partial charge in [-0.25, -0.2) is 0 Å². The van der Waals surface area contributed by atoms with Crippen molar-refractivity contribution in [2.45, 2.75) is 20.1 Å². The Labute approximate surface area is 163 Å². The largest absolute Gasteiger partial charge is 0.494 e. The van der Waals surface area contributed by atoms with Crippen LogP contribution >= 0.6 is 0 Å². The van der Waals surface area contributed by atoms with Crippen LogP contribution in [-0.2, 0) is 11.3 Å². The molecule has 7 heteroatoms. The summed E-state index contributed by atoms with van der Waals surface area (Å²) in [6.45, 7) is 0.0257. The van der Waals surface area contributed by atoms with Crippen LogP contribution in [0, 0.1) is 0 Å². The summed E-state index contributed by atoms with van der Waals surface area (Å²) in [5, 5.41) is 0. The maximum Gasteiger partial charge on any atom is 0.387 e. The molecule has 28 heavy (non-hydrogen) atoms. The highest BCUT2D eigenvalue weighted by molar-refractivity contribution is 5.91. The van der Waals surface area contributed by atoms with Gasteiger partial charge in [0.25, 0.3) is 0 Å². The van der Waals surface area contributed by atoms with Gasteiger partial charge in [0.2, 0.25) is 5.91 Å². The van der Waals surface area contributed by atoms with Gasteiger partial charge in [-0.05, 0) is 48.4 Å². The van der Waals surface area contributed by atoms with Crippen molar-refractivity contribution in [1.82, 2.24) is 4.90 Å². The van der Waals surface area contributed by atoms with Gasteiger partial charge in [-0.2, -0.15) is 8.78 Å². The monoisotopic (exact) mass is 391 g/mol. The lowest BCUT2D eigenvalue weighted by Gasteiger charge is -2.15. The Bertz CT molecular complexity index is 807. The second-order valence-electron chi connectivity index (χ2n) is 5.89. The van der Waals surface area contributed by atoms with E-state index >= 15 is 0 Å². The van der Waals surface area contributed by atoms with Crippen molar-refractivity contribution < 1.29 is 27.8 Å². The van der Waals surface area contributed by atoms with Gasteiger partial charge >= 0.3 is 6.61 Å². The highest BCUT2D eigenvalue weighted by Crippen LogP contribution is 2.29. The molecule has 0 aromatic heterocycles. The molecule has 150 valence electrons. The Morgan fingerprint density at radius 3 is 2.46 bits per heavy atom. The van der Waals surface area contributed by atoms with Crippen molar-refractivity contribution in [3.05, 3.63) is 59.7 Å². The molecule has 2 rings (SSSR count). The molecule has 0 heterocycles. The summed E-state index contributed by atoms with van der Waals surface area (Å²) >= 11 is 0. The third-order valence-electron chi connectivity index (χ3n) is 3.85. The van der Waals surface area contributed by atoms with Gasteiger partial charge in [-0.3, -0.25) is 4.79 Å². The second kappa shape index (κ2) is 10.3. The van der Waals surface area contributed by atoms with E-state index in [0.29, 0.717) is 18.7 Å². The highest BCUT2D eigenvalue weighted by atomic mass is 19.3. The van der Waals surface area contributed by atoms with Gasteiger partial charge in [-0.1, -0.05) is 18.2 Å². The zero-order valence-electron chi connectivity index (χ0n) is 16.0. The minimum Gasteiger partial charge on any atom is -0.494 e. The third-order valence-corrected chi connectivity index (χ3v) is 3.85. The minimum absolute atomic E-state index is 0.0615. The predicted octanol–water partition coefficient (Wildman–Crippen LogP) is 4.37. The molecular formula is C21H23F2NO4. The number of likely N-dealkylation sites (N-methyl/N-ethyl adjacent to an activating group) is 1. The number of benzene rings is 2. The van der Waals surface area contributed by atoms with E-state index < -0.39 is 6.61 Å². The van der Waals surface area contributed by atoms with E-state index in [4.69, 9.17) is 9.47 Å². The summed E-state index contributed by atoms with van der Waals surface area (Å²) in [7, 11) is 3.06. The van der Waals surface area contributed by atoms with Gasteiger partial charge in [-0.15, -0.1) is 0 Å². The second-order valence-corrected chi connectivity index (χ2v) is 5.89. The molecule has 0 aliphatic heterocycles. The number of ether oxygens (including phenoxy) is 3. The number of hydrogen-bond donors (Lipinski definition) is 0. The van der Waals surface area contributed by atoms with Crippen LogP contribution in [-0.4, -0.2) is 38.2 Å². The van der Waals surface area contributed by atoms with Gasteiger partial charge in [0, 0.05) is 19.7 Å². The molecule has 0 radical (unpaired) electrons. The number of carbonyl (C=O) groups excluding carboxylic acids is 1. The zero-order valence-corrected chi connectivity index (χ0v) is 16.0. The summed E-state index contributed by atoms with van der Waals surface area (Å²) in [6, 6.07) is 12.0. The quantitative estimate of drug-likeness (QED) is 0.596. The maximum absolute atomic E-state index is 12.4. The molecule has 0 bridgehead atoms. The number of hydrogen-bond acceptors (Lipinski definition) is 4. The average molecular weight is 391 g/mol. The number of carbonyl (C=O) groups is 1. The molecule has 0 N–H and O–H groups in total. The fourth-order valence-electron chi connectivity index (χ4n) is 2.49. The molecule has 0 atom stereocenters. The topological polar surface area (TPSA) is 48.0 Å². The lowest BCUT2D eigenvalue weighted by atomic mass is 10.1. The lowest BCUT2D eigenvalue weighted by molar-refractivity contribution is -0.125. The third kappa shape index (κ3) is 6.26. The first-order valence-electron chi connectivity index (χ1n) is 8.70. The summed E-state index contributed by atoms with van der Waals surface area (Å²) in [4.78, 5) is 13.9. The number of methoxy groups -OCH3 is 1. The van der Waals surface area contributed by atoms with E-state index in [9.17, 15) is 13.6 Å². The molecule has 0 fully saturated rings. The summed E-state index contributed by atoms with van der Waals surface area (Å²) in [5.41, 5.74) is 1.60.